The molecule has 4 atom stereocenters. The number of benzene rings is 4. The molecule has 2 amide bonds. The summed E-state index contributed by atoms with van der Waals surface area (Å²) in [6.07, 6.45) is -0.980. The van der Waals surface area contributed by atoms with E-state index in [1.807, 2.05) is 97.9 Å². The lowest BCUT2D eigenvalue weighted by atomic mass is 9.82. The quantitative estimate of drug-likeness (QED) is 0.120. The Balaban J connectivity index is 1.22. The highest BCUT2D eigenvalue weighted by Gasteiger charge is 2.67. The van der Waals surface area contributed by atoms with E-state index in [1.165, 1.54) is 4.68 Å². The van der Waals surface area contributed by atoms with E-state index in [1.54, 1.807) is 29.0 Å². The number of fused-ring (bicyclic) bond motifs is 3. The maximum Gasteiger partial charge on any atom is 0.279 e. The zero-order valence-electron chi connectivity index (χ0n) is 28.7. The largest absolute Gasteiger partial charge is 0.395 e. The number of nitrogens with zero attached hydrogens (tertiary/aromatic N) is 3. The van der Waals surface area contributed by atoms with Crippen molar-refractivity contribution < 1.29 is 23.5 Å². The van der Waals surface area contributed by atoms with E-state index in [9.17, 15) is 19.5 Å². The number of anilines is 1. The van der Waals surface area contributed by atoms with Gasteiger partial charge in [-0.1, -0.05) is 77.5 Å². The molecule has 1 fully saturated rings. The third kappa shape index (κ3) is 6.28. The SMILES string of the molecule is C[C@@H]1[C@@H]([Si](C)(C)F)[C@H](CC(=O)N(CCO)Cc2ccccc2)O[C@@]12C(=O)N(Cc1cccc(-n3[nH]c4ccccc4c3=O)c1)c1ccc(Br)cc12. The van der Waals surface area contributed by atoms with Gasteiger partial charge in [0.25, 0.3) is 11.5 Å². The number of rotatable bonds is 10. The fourth-order valence-corrected chi connectivity index (χ4v) is 11.0. The van der Waals surface area contributed by atoms with Crippen LogP contribution in [0.15, 0.2) is 106 Å². The molecular weight excluding hydrogens is 731 g/mol. The first-order valence-corrected chi connectivity index (χ1v) is 20.9. The summed E-state index contributed by atoms with van der Waals surface area (Å²) in [5, 5.41) is 13.6. The Hall–Kier alpha value is -4.36. The number of hydrogen-bond acceptors (Lipinski definition) is 5. The lowest BCUT2D eigenvalue weighted by Crippen LogP contribution is -2.45. The zero-order valence-corrected chi connectivity index (χ0v) is 31.3. The van der Waals surface area contributed by atoms with Crippen molar-refractivity contribution in [2.45, 2.75) is 56.8 Å². The molecule has 0 unspecified atom stereocenters. The highest BCUT2D eigenvalue weighted by atomic mass is 79.9. The average Bonchev–Trinajstić information content (AvgIpc) is 3.68. The van der Waals surface area contributed by atoms with Crippen LogP contribution in [0.25, 0.3) is 16.6 Å². The summed E-state index contributed by atoms with van der Waals surface area (Å²) < 4.78 is 25.5. The molecule has 51 heavy (non-hydrogen) atoms. The van der Waals surface area contributed by atoms with Crippen molar-refractivity contribution >= 4 is 52.7 Å². The van der Waals surface area contributed by atoms with Crippen molar-refractivity contribution in [3.8, 4) is 5.69 Å². The van der Waals surface area contributed by atoms with E-state index in [0.29, 0.717) is 28.9 Å². The van der Waals surface area contributed by atoms with Gasteiger partial charge in [0.05, 0.1) is 48.0 Å². The van der Waals surface area contributed by atoms with Crippen molar-refractivity contribution in [3.63, 3.8) is 0 Å². The van der Waals surface area contributed by atoms with Gasteiger partial charge < -0.3 is 23.8 Å². The van der Waals surface area contributed by atoms with Crippen LogP contribution in [-0.2, 0) is 33.0 Å². The number of aliphatic hydroxyl groups is 1. The normalized spacial score (nSPS) is 21.5. The van der Waals surface area contributed by atoms with Gasteiger partial charge in [-0.3, -0.25) is 19.5 Å². The van der Waals surface area contributed by atoms with Gasteiger partial charge in [0, 0.05) is 34.6 Å². The number of amides is 2. The Morgan fingerprint density at radius 2 is 1.73 bits per heavy atom. The number of aliphatic hydroxyl groups excluding tert-OH is 1. The fourth-order valence-electron chi connectivity index (χ4n) is 8.11. The van der Waals surface area contributed by atoms with E-state index < -0.39 is 31.6 Å². The molecule has 0 aliphatic carbocycles. The van der Waals surface area contributed by atoms with Crippen LogP contribution >= 0.6 is 15.9 Å². The van der Waals surface area contributed by atoms with E-state index in [4.69, 9.17) is 4.74 Å². The smallest absolute Gasteiger partial charge is 0.279 e. The summed E-state index contributed by atoms with van der Waals surface area (Å²) in [7, 11) is -3.53. The highest BCUT2D eigenvalue weighted by molar-refractivity contribution is 9.10. The van der Waals surface area contributed by atoms with Crippen LogP contribution in [0.2, 0.25) is 18.6 Å². The summed E-state index contributed by atoms with van der Waals surface area (Å²) >= 11 is 3.59. The number of aromatic nitrogens is 2. The molecular formula is C39H40BrFN4O5Si. The topological polar surface area (TPSA) is 108 Å². The van der Waals surface area contributed by atoms with Gasteiger partial charge in [-0.2, -0.15) is 0 Å². The molecule has 0 radical (unpaired) electrons. The number of halogens is 2. The van der Waals surface area contributed by atoms with Gasteiger partial charge >= 0.3 is 0 Å². The Labute approximate surface area is 304 Å². The molecule has 264 valence electrons. The number of para-hydroxylation sites is 1. The molecule has 3 heterocycles. The Morgan fingerprint density at radius 3 is 2.45 bits per heavy atom. The standard InChI is InChI=1S/C39H40BrFN4O5Si/c1-25-36(51(2,3)41)34(22-35(47)43(18-19-46)23-26-10-5-4-6-11-26)50-39(25)31-21-28(40)16-17-33(31)44(38(39)49)24-27-12-9-13-29(20-27)45-37(48)30-14-7-8-15-32(30)42-45/h4-17,20-21,25,34,36,42,46H,18-19,22-24H2,1-3H3/t25-,34+,36-,39+/m1/s1. The first kappa shape index (κ1) is 35.1. The number of carbonyl (C=O) groups is 2. The van der Waals surface area contributed by atoms with Crippen LogP contribution in [0.4, 0.5) is 9.80 Å². The molecule has 0 saturated carbocycles. The van der Waals surface area contributed by atoms with E-state index in [2.05, 4.69) is 21.0 Å². The summed E-state index contributed by atoms with van der Waals surface area (Å²) in [4.78, 5) is 45.2. The second kappa shape index (κ2) is 13.6. The number of carbonyl (C=O) groups excluding carboxylic acids is 2. The molecule has 7 rings (SSSR count). The molecule has 5 aromatic rings. The van der Waals surface area contributed by atoms with Crippen molar-refractivity contribution in [2.24, 2.45) is 5.92 Å². The van der Waals surface area contributed by atoms with Crippen molar-refractivity contribution in [2.75, 3.05) is 18.1 Å². The predicted octanol–water partition coefficient (Wildman–Crippen LogP) is 6.81. The van der Waals surface area contributed by atoms with Crippen LogP contribution < -0.4 is 10.5 Å². The summed E-state index contributed by atoms with van der Waals surface area (Å²) in [6.45, 7) is 5.46. The zero-order chi connectivity index (χ0) is 36.1. The molecule has 1 aromatic heterocycles. The van der Waals surface area contributed by atoms with E-state index in [0.717, 1.165) is 21.1 Å². The minimum Gasteiger partial charge on any atom is -0.395 e. The number of H-pyrrole nitrogens is 1. The number of aromatic amines is 1. The third-order valence-corrected chi connectivity index (χ3v) is 13.3. The maximum atomic E-state index is 16.4. The summed E-state index contributed by atoms with van der Waals surface area (Å²) in [5.74, 6) is -1.17. The van der Waals surface area contributed by atoms with Crippen LogP contribution in [0, 0.1) is 5.92 Å². The van der Waals surface area contributed by atoms with Crippen molar-refractivity contribution in [1.82, 2.24) is 14.7 Å². The van der Waals surface area contributed by atoms with Crippen LogP contribution in [0.5, 0.6) is 0 Å². The van der Waals surface area contributed by atoms with Gasteiger partial charge in [-0.05, 0) is 66.7 Å². The molecule has 4 aromatic carbocycles. The number of hydrogen-bond donors (Lipinski definition) is 2. The maximum absolute atomic E-state index is 16.4. The third-order valence-electron chi connectivity index (χ3n) is 10.3. The number of ether oxygens (including phenoxy) is 1. The van der Waals surface area contributed by atoms with Crippen molar-refractivity contribution in [1.29, 1.82) is 0 Å². The first-order valence-electron chi connectivity index (χ1n) is 17.1. The van der Waals surface area contributed by atoms with Crippen LogP contribution in [0.1, 0.15) is 30.0 Å². The monoisotopic (exact) mass is 770 g/mol. The predicted molar refractivity (Wildman–Crippen MR) is 201 cm³/mol. The van der Waals surface area contributed by atoms with Gasteiger partial charge in [-0.15, -0.1) is 0 Å². The van der Waals surface area contributed by atoms with E-state index in [-0.39, 0.29) is 43.5 Å². The molecule has 2 aliphatic rings. The van der Waals surface area contributed by atoms with E-state index >= 15 is 4.11 Å². The van der Waals surface area contributed by atoms with Gasteiger partial charge in [0.15, 0.2) is 5.60 Å². The Kier molecular flexibility index (Phi) is 9.38. The summed E-state index contributed by atoms with van der Waals surface area (Å²) in [5.41, 5.74) is 1.97. The fraction of sp³-hybridized carbons (Fsp3) is 0.308. The molecule has 1 saturated heterocycles. The molecule has 2 N–H and O–H groups in total. The molecule has 1 spiro atoms. The minimum atomic E-state index is -3.53. The molecule has 12 heteroatoms. The van der Waals surface area contributed by atoms with Gasteiger partial charge in [0.1, 0.15) is 0 Å². The van der Waals surface area contributed by atoms with Crippen LogP contribution in [0.3, 0.4) is 0 Å². The van der Waals surface area contributed by atoms with Gasteiger partial charge in [-0.25, -0.2) is 4.68 Å². The van der Waals surface area contributed by atoms with Crippen molar-refractivity contribution in [3.05, 3.63) is 129 Å². The molecule has 2 aliphatic heterocycles. The summed E-state index contributed by atoms with van der Waals surface area (Å²) in [6, 6.07) is 29.9. The second-order valence-corrected chi connectivity index (χ2v) is 18.7. The Bertz CT molecular complexity index is 2170. The minimum absolute atomic E-state index is 0.119. The average molecular weight is 772 g/mol. The highest BCUT2D eigenvalue weighted by Crippen LogP contribution is 2.60. The Morgan fingerprint density at radius 1 is 1.00 bits per heavy atom. The molecule has 9 nitrogen and oxygen atoms in total. The second-order valence-electron chi connectivity index (χ2n) is 14.0. The first-order chi connectivity index (χ1) is 24.4. The lowest BCUT2D eigenvalue weighted by Gasteiger charge is -2.31. The molecule has 0 bridgehead atoms. The van der Waals surface area contributed by atoms with Gasteiger partial charge in [0.2, 0.25) is 14.3 Å². The number of nitrogens with one attached hydrogen (secondary N) is 1. The lowest BCUT2D eigenvalue weighted by molar-refractivity contribution is -0.150. The van der Waals surface area contributed by atoms with Crippen LogP contribution in [-0.4, -0.2) is 59.3 Å².